The fourth-order valence-corrected chi connectivity index (χ4v) is 3.01. The van der Waals surface area contributed by atoms with E-state index in [1.807, 2.05) is 24.3 Å². The summed E-state index contributed by atoms with van der Waals surface area (Å²) in [5.74, 6) is -0.199. The molecule has 2 aromatic carbocycles. The molecule has 0 unspecified atom stereocenters. The molecule has 0 aliphatic carbocycles. The van der Waals surface area contributed by atoms with Gasteiger partial charge in [-0.05, 0) is 35.4 Å². The second-order valence-electron chi connectivity index (χ2n) is 7.46. The predicted molar refractivity (Wildman–Crippen MR) is 131 cm³/mol. The summed E-state index contributed by atoms with van der Waals surface area (Å²) in [5.41, 5.74) is 2.35. The van der Waals surface area contributed by atoms with Crippen LogP contribution >= 0.6 is 0 Å². The number of nitrogens with zero attached hydrogens (tertiary/aromatic N) is 2. The number of aromatic nitrogens is 2. The molecule has 36 heavy (non-hydrogen) atoms. The Kier molecular flexibility index (Phi) is 9.71. The molecule has 0 spiro atoms. The number of carbonyl (C=O) groups excluding carboxylic acids is 3. The molecule has 3 amide bonds. The van der Waals surface area contributed by atoms with Crippen LogP contribution in [-0.2, 0) is 22.6 Å². The van der Waals surface area contributed by atoms with Crippen LogP contribution in [0.2, 0.25) is 0 Å². The highest BCUT2D eigenvalue weighted by molar-refractivity contribution is 5.97. The number of nitrogens with one attached hydrogen (secondary N) is 3. The molecule has 0 bridgehead atoms. The molecule has 3 aromatic rings. The summed E-state index contributed by atoms with van der Waals surface area (Å²) in [5, 5.41) is 8.10. The molecular formula is C25H27N5O6. The van der Waals surface area contributed by atoms with Crippen molar-refractivity contribution < 1.29 is 28.6 Å². The summed E-state index contributed by atoms with van der Waals surface area (Å²) in [6, 6.07) is 15.5. The summed E-state index contributed by atoms with van der Waals surface area (Å²) in [6.07, 6.45) is 0.585. The third-order valence-electron chi connectivity index (χ3n) is 4.89. The van der Waals surface area contributed by atoms with Gasteiger partial charge in [-0.25, -0.2) is 14.8 Å². The molecule has 3 rings (SSSR count). The number of anilines is 1. The van der Waals surface area contributed by atoms with Crippen LogP contribution in [-0.4, -0.2) is 55.3 Å². The molecular weight excluding hydrogens is 466 g/mol. The first-order valence-electron chi connectivity index (χ1n) is 11.0. The number of hydrogen-bond acceptors (Lipinski definition) is 8. The maximum atomic E-state index is 12.5. The topological polar surface area (TPSA) is 141 Å². The van der Waals surface area contributed by atoms with E-state index in [1.54, 1.807) is 31.4 Å². The van der Waals surface area contributed by atoms with Gasteiger partial charge in [0.25, 0.3) is 11.8 Å². The van der Waals surface area contributed by atoms with E-state index in [4.69, 9.17) is 14.2 Å². The van der Waals surface area contributed by atoms with E-state index < -0.39 is 17.9 Å². The molecule has 11 nitrogen and oxygen atoms in total. The lowest BCUT2D eigenvalue weighted by Gasteiger charge is -2.09. The lowest BCUT2D eigenvalue weighted by molar-refractivity contribution is 0.0944. The predicted octanol–water partition coefficient (Wildman–Crippen LogP) is 2.54. The highest BCUT2D eigenvalue weighted by Crippen LogP contribution is 2.13. The SMILES string of the molecule is COCCOC(=O)Nc1ccc(CNC(=O)c2cc(C(=O)NCc3cccc(OC)c3)ncn2)cc1. The maximum Gasteiger partial charge on any atom is 0.411 e. The average molecular weight is 494 g/mol. The van der Waals surface area contributed by atoms with E-state index >= 15 is 0 Å². The van der Waals surface area contributed by atoms with Gasteiger partial charge in [0.15, 0.2) is 0 Å². The minimum absolute atomic E-state index is 0.0635. The van der Waals surface area contributed by atoms with Crippen molar-refractivity contribution >= 4 is 23.6 Å². The molecule has 0 saturated heterocycles. The minimum atomic E-state index is -0.583. The van der Waals surface area contributed by atoms with Gasteiger partial charge in [0, 0.05) is 32.0 Å². The highest BCUT2D eigenvalue weighted by Gasteiger charge is 2.13. The average Bonchev–Trinajstić information content (AvgIpc) is 2.91. The van der Waals surface area contributed by atoms with Crippen molar-refractivity contribution in [1.29, 1.82) is 0 Å². The number of ether oxygens (including phenoxy) is 3. The summed E-state index contributed by atoms with van der Waals surface area (Å²) in [6.45, 7) is 0.963. The van der Waals surface area contributed by atoms with Crippen LogP contribution in [0.1, 0.15) is 32.1 Å². The van der Waals surface area contributed by atoms with Gasteiger partial charge < -0.3 is 24.8 Å². The molecule has 0 radical (unpaired) electrons. The fourth-order valence-electron chi connectivity index (χ4n) is 3.01. The van der Waals surface area contributed by atoms with Gasteiger partial charge >= 0.3 is 6.09 Å². The van der Waals surface area contributed by atoms with E-state index in [-0.39, 0.29) is 31.1 Å². The first-order chi connectivity index (χ1) is 17.5. The summed E-state index contributed by atoms with van der Waals surface area (Å²) >= 11 is 0. The Labute approximate surface area is 208 Å². The molecule has 188 valence electrons. The van der Waals surface area contributed by atoms with Crippen LogP contribution in [0.25, 0.3) is 0 Å². The van der Waals surface area contributed by atoms with E-state index in [0.717, 1.165) is 11.1 Å². The third-order valence-corrected chi connectivity index (χ3v) is 4.89. The smallest absolute Gasteiger partial charge is 0.411 e. The normalized spacial score (nSPS) is 10.3. The number of amides is 3. The molecule has 11 heteroatoms. The maximum absolute atomic E-state index is 12.5. The Morgan fingerprint density at radius 1 is 0.806 bits per heavy atom. The van der Waals surface area contributed by atoms with Gasteiger partial charge in [0.1, 0.15) is 30.1 Å². The molecule has 0 saturated carbocycles. The van der Waals surface area contributed by atoms with Crippen LogP contribution in [0.4, 0.5) is 10.5 Å². The quantitative estimate of drug-likeness (QED) is 0.346. The lowest BCUT2D eigenvalue weighted by atomic mass is 10.2. The Morgan fingerprint density at radius 2 is 1.47 bits per heavy atom. The van der Waals surface area contributed by atoms with Crippen LogP contribution in [0, 0.1) is 0 Å². The Bertz CT molecular complexity index is 1190. The van der Waals surface area contributed by atoms with Gasteiger partial charge in [-0.1, -0.05) is 24.3 Å². The number of hydrogen-bond donors (Lipinski definition) is 3. The van der Waals surface area contributed by atoms with Crippen molar-refractivity contribution in [3.63, 3.8) is 0 Å². The Morgan fingerprint density at radius 3 is 2.11 bits per heavy atom. The third kappa shape index (κ3) is 8.06. The van der Waals surface area contributed by atoms with Gasteiger partial charge in [-0.2, -0.15) is 0 Å². The second-order valence-corrected chi connectivity index (χ2v) is 7.46. The monoisotopic (exact) mass is 493 g/mol. The molecule has 1 heterocycles. The van der Waals surface area contributed by atoms with E-state index in [2.05, 4.69) is 25.9 Å². The zero-order valence-electron chi connectivity index (χ0n) is 19.9. The van der Waals surface area contributed by atoms with Crippen molar-refractivity contribution in [3.05, 3.63) is 83.4 Å². The first-order valence-corrected chi connectivity index (χ1v) is 11.0. The fraction of sp³-hybridized carbons (Fsp3) is 0.240. The Hall–Kier alpha value is -4.51. The molecule has 0 atom stereocenters. The van der Waals surface area contributed by atoms with Crippen LogP contribution in [0.5, 0.6) is 5.75 Å². The van der Waals surface area contributed by atoms with Crippen LogP contribution in [0.15, 0.2) is 60.9 Å². The second kappa shape index (κ2) is 13.4. The van der Waals surface area contributed by atoms with E-state index in [9.17, 15) is 14.4 Å². The summed E-state index contributed by atoms with van der Waals surface area (Å²) in [4.78, 5) is 44.6. The first kappa shape index (κ1) is 26.1. The molecule has 3 N–H and O–H groups in total. The number of carbonyl (C=O) groups is 3. The lowest BCUT2D eigenvalue weighted by Crippen LogP contribution is -2.27. The van der Waals surface area contributed by atoms with Crippen LogP contribution < -0.4 is 20.7 Å². The van der Waals surface area contributed by atoms with Crippen LogP contribution in [0.3, 0.4) is 0 Å². The largest absolute Gasteiger partial charge is 0.497 e. The van der Waals surface area contributed by atoms with E-state index in [1.165, 1.54) is 19.5 Å². The van der Waals surface area contributed by atoms with Crippen molar-refractivity contribution in [1.82, 2.24) is 20.6 Å². The number of methoxy groups -OCH3 is 2. The Balaban J connectivity index is 1.50. The van der Waals surface area contributed by atoms with Gasteiger partial charge in [0.05, 0.1) is 13.7 Å². The van der Waals surface area contributed by atoms with Gasteiger partial charge in [-0.15, -0.1) is 0 Å². The zero-order valence-corrected chi connectivity index (χ0v) is 19.9. The van der Waals surface area contributed by atoms with Crippen molar-refractivity contribution in [2.24, 2.45) is 0 Å². The molecule has 0 aliphatic rings. The van der Waals surface area contributed by atoms with Crippen molar-refractivity contribution in [2.75, 3.05) is 32.8 Å². The standard InChI is InChI=1S/C25H27N5O6/c1-34-10-11-36-25(33)30-19-8-6-17(7-9-19)14-26-23(31)21-13-22(29-16-28-21)24(32)27-15-18-4-3-5-20(12-18)35-2/h3-9,12-13,16H,10-11,14-15H2,1-2H3,(H,26,31)(H,27,32)(H,30,33). The summed E-state index contributed by atoms with van der Waals surface area (Å²) < 4.78 is 14.9. The van der Waals surface area contributed by atoms with Gasteiger partial charge in [-0.3, -0.25) is 14.9 Å². The van der Waals surface area contributed by atoms with Gasteiger partial charge in [0.2, 0.25) is 0 Å². The highest BCUT2D eigenvalue weighted by atomic mass is 16.6. The molecule has 0 aliphatic heterocycles. The minimum Gasteiger partial charge on any atom is -0.497 e. The van der Waals surface area contributed by atoms with Crippen molar-refractivity contribution in [2.45, 2.75) is 13.1 Å². The molecule has 1 aromatic heterocycles. The van der Waals surface area contributed by atoms with Crippen molar-refractivity contribution in [3.8, 4) is 5.75 Å². The zero-order chi connectivity index (χ0) is 25.8. The molecule has 0 fully saturated rings. The number of benzene rings is 2. The summed E-state index contributed by atoms with van der Waals surface area (Å²) in [7, 11) is 3.09. The number of rotatable bonds is 11. The van der Waals surface area contributed by atoms with E-state index in [0.29, 0.717) is 18.0 Å².